The van der Waals surface area contributed by atoms with Crippen molar-refractivity contribution < 1.29 is 13.9 Å². The number of rotatable bonds is 6. The van der Waals surface area contributed by atoms with Gasteiger partial charge in [0.25, 0.3) is 0 Å². The van der Waals surface area contributed by atoms with Crippen molar-refractivity contribution >= 4 is 44.1 Å². The predicted molar refractivity (Wildman–Crippen MR) is 125 cm³/mol. The van der Waals surface area contributed by atoms with E-state index in [1.165, 1.54) is 11.3 Å². The van der Waals surface area contributed by atoms with Crippen LogP contribution < -0.4 is 10.1 Å². The van der Waals surface area contributed by atoms with Gasteiger partial charge < -0.3 is 14.5 Å². The first kappa shape index (κ1) is 19.3. The topological polar surface area (TPSA) is 64.4 Å². The van der Waals surface area contributed by atoms with Crippen LogP contribution >= 0.6 is 11.3 Å². The third kappa shape index (κ3) is 4.02. The maximum absolute atomic E-state index is 12.5. The van der Waals surface area contributed by atoms with Crippen LogP contribution in [0, 0.1) is 0 Å². The summed E-state index contributed by atoms with van der Waals surface area (Å²) in [6, 6.07) is 21.9. The first-order chi connectivity index (χ1) is 15.2. The van der Waals surface area contributed by atoms with Gasteiger partial charge in [0, 0.05) is 10.8 Å². The summed E-state index contributed by atoms with van der Waals surface area (Å²) in [7, 11) is 0. The fourth-order valence-corrected chi connectivity index (χ4v) is 4.29. The number of para-hydroxylation sites is 1. The maximum atomic E-state index is 12.5. The van der Waals surface area contributed by atoms with E-state index < -0.39 is 0 Å². The minimum atomic E-state index is -0.0978. The molecule has 5 rings (SSSR count). The van der Waals surface area contributed by atoms with Gasteiger partial charge in [-0.05, 0) is 35.4 Å². The molecule has 2 aromatic heterocycles. The molecule has 0 saturated heterocycles. The van der Waals surface area contributed by atoms with Gasteiger partial charge in [0.1, 0.15) is 5.69 Å². The molecule has 2 heterocycles. The first-order valence-electron chi connectivity index (χ1n) is 10.1. The third-order valence-corrected chi connectivity index (χ3v) is 5.75. The number of ether oxygens (including phenoxy) is 1. The van der Waals surface area contributed by atoms with E-state index in [1.54, 1.807) is 0 Å². The summed E-state index contributed by atoms with van der Waals surface area (Å²) in [5.74, 6) is 1.26. The van der Waals surface area contributed by atoms with Crippen LogP contribution in [0.2, 0.25) is 0 Å². The van der Waals surface area contributed by atoms with Crippen molar-refractivity contribution in [2.45, 2.75) is 13.3 Å². The fourth-order valence-electron chi connectivity index (χ4n) is 3.57. The molecular weight excluding hydrogens is 408 g/mol. The SMILES string of the molecule is CCOc1cccc2cc(-c3csc(NC(=O)Cc4ccc5ccccc5c4)n3)oc12. The lowest BCUT2D eigenvalue weighted by atomic mass is 10.1. The zero-order valence-corrected chi connectivity index (χ0v) is 17.7. The smallest absolute Gasteiger partial charge is 0.230 e. The average Bonchev–Trinajstić information content (AvgIpc) is 3.41. The van der Waals surface area contributed by atoms with E-state index in [0.717, 1.165) is 21.7 Å². The maximum Gasteiger partial charge on any atom is 0.230 e. The molecule has 0 spiro atoms. The van der Waals surface area contributed by atoms with Gasteiger partial charge in [-0.2, -0.15) is 0 Å². The zero-order chi connectivity index (χ0) is 21.2. The summed E-state index contributed by atoms with van der Waals surface area (Å²) in [5, 5.41) is 8.56. The molecule has 0 aliphatic heterocycles. The lowest BCUT2D eigenvalue weighted by Gasteiger charge is -2.04. The Balaban J connectivity index is 1.31. The highest BCUT2D eigenvalue weighted by Gasteiger charge is 2.14. The number of fused-ring (bicyclic) bond motifs is 2. The molecular formula is C25H20N2O3S. The number of benzene rings is 3. The van der Waals surface area contributed by atoms with Gasteiger partial charge in [-0.3, -0.25) is 4.79 Å². The molecule has 0 atom stereocenters. The van der Waals surface area contributed by atoms with Gasteiger partial charge in [0.15, 0.2) is 22.2 Å². The molecule has 1 N–H and O–H groups in total. The number of carbonyl (C=O) groups excluding carboxylic acids is 1. The Labute approximate surface area is 183 Å². The minimum absolute atomic E-state index is 0.0978. The van der Waals surface area contributed by atoms with Crippen LogP contribution in [-0.4, -0.2) is 17.5 Å². The van der Waals surface area contributed by atoms with E-state index >= 15 is 0 Å². The van der Waals surface area contributed by atoms with Crippen LogP contribution in [0.3, 0.4) is 0 Å². The van der Waals surface area contributed by atoms with Gasteiger partial charge in [-0.15, -0.1) is 11.3 Å². The second-order valence-electron chi connectivity index (χ2n) is 7.16. The van der Waals surface area contributed by atoms with Gasteiger partial charge in [0.05, 0.1) is 13.0 Å². The average molecular weight is 429 g/mol. The molecule has 5 nitrogen and oxygen atoms in total. The van der Waals surface area contributed by atoms with Gasteiger partial charge >= 0.3 is 0 Å². The fraction of sp³-hybridized carbons (Fsp3) is 0.120. The molecule has 0 unspecified atom stereocenters. The Morgan fingerprint density at radius 3 is 2.74 bits per heavy atom. The standard InChI is InChI=1S/C25H20N2O3S/c1-2-29-21-9-5-8-19-14-22(30-24(19)21)20-15-31-25(26-20)27-23(28)13-16-10-11-17-6-3-4-7-18(17)12-16/h3-12,14-15H,2,13H2,1H3,(H,26,27,28). The van der Waals surface area contributed by atoms with Crippen LogP contribution in [0.25, 0.3) is 33.2 Å². The number of thiazole rings is 1. The largest absolute Gasteiger partial charge is 0.490 e. The summed E-state index contributed by atoms with van der Waals surface area (Å²) in [5.41, 5.74) is 2.35. The molecule has 1 amide bonds. The van der Waals surface area contributed by atoms with E-state index in [0.29, 0.717) is 40.9 Å². The Kier molecular flexibility index (Phi) is 5.14. The monoisotopic (exact) mass is 428 g/mol. The Morgan fingerprint density at radius 2 is 1.87 bits per heavy atom. The minimum Gasteiger partial charge on any atom is -0.490 e. The highest BCUT2D eigenvalue weighted by Crippen LogP contribution is 2.34. The molecule has 0 aliphatic carbocycles. The summed E-state index contributed by atoms with van der Waals surface area (Å²) in [6.45, 7) is 2.51. The summed E-state index contributed by atoms with van der Waals surface area (Å²) >= 11 is 1.38. The van der Waals surface area contributed by atoms with Crippen molar-refractivity contribution in [1.29, 1.82) is 0 Å². The van der Waals surface area contributed by atoms with Crippen LogP contribution in [-0.2, 0) is 11.2 Å². The number of furan rings is 1. The molecule has 5 aromatic rings. The molecule has 0 saturated carbocycles. The second kappa shape index (κ2) is 8.24. The lowest BCUT2D eigenvalue weighted by Crippen LogP contribution is -2.14. The Hall–Kier alpha value is -3.64. The van der Waals surface area contributed by atoms with Crippen LogP contribution in [0.5, 0.6) is 5.75 Å². The molecule has 0 aliphatic rings. The number of nitrogens with one attached hydrogen (secondary N) is 1. The second-order valence-corrected chi connectivity index (χ2v) is 8.02. The number of hydrogen-bond donors (Lipinski definition) is 1. The number of nitrogens with zero attached hydrogens (tertiary/aromatic N) is 1. The Morgan fingerprint density at radius 1 is 1.03 bits per heavy atom. The van der Waals surface area contributed by atoms with Crippen molar-refractivity contribution in [3.8, 4) is 17.2 Å². The van der Waals surface area contributed by atoms with E-state index in [-0.39, 0.29) is 5.91 Å². The number of anilines is 1. The third-order valence-electron chi connectivity index (χ3n) is 4.99. The van der Waals surface area contributed by atoms with E-state index in [4.69, 9.17) is 9.15 Å². The van der Waals surface area contributed by atoms with Crippen LogP contribution in [0.1, 0.15) is 12.5 Å². The van der Waals surface area contributed by atoms with Crippen molar-refractivity contribution in [1.82, 2.24) is 4.98 Å². The molecule has 154 valence electrons. The summed E-state index contributed by atoms with van der Waals surface area (Å²) < 4.78 is 11.6. The van der Waals surface area contributed by atoms with Crippen molar-refractivity contribution in [3.63, 3.8) is 0 Å². The van der Waals surface area contributed by atoms with Crippen molar-refractivity contribution in [2.75, 3.05) is 11.9 Å². The normalized spacial score (nSPS) is 11.1. The zero-order valence-electron chi connectivity index (χ0n) is 16.9. The van der Waals surface area contributed by atoms with Gasteiger partial charge in [0.2, 0.25) is 5.91 Å². The van der Waals surface area contributed by atoms with Gasteiger partial charge in [-0.25, -0.2) is 4.98 Å². The highest BCUT2D eigenvalue weighted by atomic mass is 32.1. The van der Waals surface area contributed by atoms with E-state index in [2.05, 4.69) is 16.4 Å². The Bertz CT molecular complexity index is 1390. The molecule has 0 bridgehead atoms. The predicted octanol–water partition coefficient (Wildman–Crippen LogP) is 6.29. The molecule has 3 aromatic carbocycles. The van der Waals surface area contributed by atoms with Crippen LogP contribution in [0.4, 0.5) is 5.13 Å². The quantitative estimate of drug-likeness (QED) is 0.345. The van der Waals surface area contributed by atoms with Crippen LogP contribution in [0.15, 0.2) is 76.5 Å². The molecule has 6 heteroatoms. The lowest BCUT2D eigenvalue weighted by molar-refractivity contribution is -0.115. The highest BCUT2D eigenvalue weighted by molar-refractivity contribution is 7.14. The van der Waals surface area contributed by atoms with Crippen molar-refractivity contribution in [3.05, 3.63) is 77.7 Å². The number of carbonyl (C=O) groups is 1. The van der Waals surface area contributed by atoms with Gasteiger partial charge in [-0.1, -0.05) is 54.6 Å². The number of hydrogen-bond acceptors (Lipinski definition) is 5. The number of aromatic nitrogens is 1. The van der Waals surface area contributed by atoms with E-state index in [1.807, 2.05) is 73.0 Å². The summed E-state index contributed by atoms with van der Waals surface area (Å²) in [4.78, 5) is 17.1. The molecule has 0 radical (unpaired) electrons. The van der Waals surface area contributed by atoms with E-state index in [9.17, 15) is 4.79 Å². The molecule has 31 heavy (non-hydrogen) atoms. The molecule has 0 fully saturated rings. The van der Waals surface area contributed by atoms with Crippen molar-refractivity contribution in [2.24, 2.45) is 0 Å². The first-order valence-corrected chi connectivity index (χ1v) is 11.0. The summed E-state index contributed by atoms with van der Waals surface area (Å²) in [6.07, 6.45) is 0.294. The number of amides is 1.